The first-order chi connectivity index (χ1) is 6.31. The maximum Gasteiger partial charge on any atom is 0.0348 e. The molecule has 0 aromatic rings. The summed E-state index contributed by atoms with van der Waals surface area (Å²) in [6.45, 7) is 8.31. The molecular formula is C10H20N2S. The Hall–Kier alpha value is 0.270. The van der Waals surface area contributed by atoms with Crippen molar-refractivity contribution in [3.63, 3.8) is 0 Å². The van der Waals surface area contributed by atoms with Crippen LogP contribution >= 0.6 is 11.8 Å². The molecule has 2 saturated heterocycles. The average Bonchev–Trinajstić information content (AvgIpc) is 2.43. The van der Waals surface area contributed by atoms with Gasteiger partial charge < -0.3 is 5.32 Å². The van der Waals surface area contributed by atoms with Crippen LogP contribution in [0, 0.1) is 0 Å². The summed E-state index contributed by atoms with van der Waals surface area (Å²) in [5.41, 5.74) is 0. The van der Waals surface area contributed by atoms with E-state index >= 15 is 0 Å². The quantitative estimate of drug-likeness (QED) is 0.736. The lowest BCUT2D eigenvalue weighted by Crippen LogP contribution is -2.60. The van der Waals surface area contributed by atoms with E-state index in [2.05, 4.69) is 35.8 Å². The van der Waals surface area contributed by atoms with Gasteiger partial charge in [0, 0.05) is 36.2 Å². The fourth-order valence-corrected chi connectivity index (χ4v) is 3.58. The molecule has 2 atom stereocenters. The van der Waals surface area contributed by atoms with E-state index in [1.807, 2.05) is 0 Å². The van der Waals surface area contributed by atoms with Crippen molar-refractivity contribution in [2.75, 3.05) is 25.4 Å². The molecule has 2 unspecified atom stereocenters. The predicted octanol–water partition coefficient (Wildman–Crippen LogP) is 1.17. The van der Waals surface area contributed by atoms with Crippen molar-refractivity contribution in [1.29, 1.82) is 0 Å². The van der Waals surface area contributed by atoms with Gasteiger partial charge in [0.1, 0.15) is 0 Å². The second-order valence-corrected chi connectivity index (χ2v) is 5.65. The Balaban J connectivity index is 1.88. The summed E-state index contributed by atoms with van der Waals surface area (Å²) in [6, 6.07) is 1.69. The van der Waals surface area contributed by atoms with Crippen LogP contribution in [-0.2, 0) is 0 Å². The minimum atomic E-state index is 0.834. The lowest BCUT2D eigenvalue weighted by atomic mass is 10.1. The van der Waals surface area contributed by atoms with Gasteiger partial charge in [-0.3, -0.25) is 4.90 Å². The van der Waals surface area contributed by atoms with Gasteiger partial charge in [0.25, 0.3) is 0 Å². The fourth-order valence-electron chi connectivity index (χ4n) is 2.35. The maximum absolute atomic E-state index is 3.36. The molecule has 0 saturated carbocycles. The Morgan fingerprint density at radius 2 is 2.15 bits per heavy atom. The molecule has 0 radical (unpaired) electrons. The second kappa shape index (κ2) is 4.20. The van der Waals surface area contributed by atoms with Crippen molar-refractivity contribution >= 4 is 11.8 Å². The molecule has 0 aromatic heterocycles. The van der Waals surface area contributed by atoms with Gasteiger partial charge in [0.05, 0.1) is 0 Å². The van der Waals surface area contributed by atoms with Crippen molar-refractivity contribution in [3.05, 3.63) is 0 Å². The molecule has 0 bridgehead atoms. The van der Waals surface area contributed by atoms with Crippen LogP contribution in [0.2, 0.25) is 0 Å². The van der Waals surface area contributed by atoms with Crippen LogP contribution in [0.15, 0.2) is 0 Å². The van der Waals surface area contributed by atoms with Gasteiger partial charge in [0.15, 0.2) is 0 Å². The molecule has 1 N–H and O–H groups in total. The molecule has 2 heterocycles. The summed E-state index contributed by atoms with van der Waals surface area (Å²) in [5, 5.41) is 4.24. The first-order valence-electron chi connectivity index (χ1n) is 5.39. The lowest BCUT2D eigenvalue weighted by Gasteiger charge is -2.41. The van der Waals surface area contributed by atoms with Gasteiger partial charge in [-0.1, -0.05) is 13.8 Å². The van der Waals surface area contributed by atoms with E-state index in [4.69, 9.17) is 0 Å². The highest BCUT2D eigenvalue weighted by molar-refractivity contribution is 8.00. The fraction of sp³-hybridized carbons (Fsp3) is 1.00. The van der Waals surface area contributed by atoms with Crippen LogP contribution < -0.4 is 5.32 Å². The first kappa shape index (κ1) is 9.81. The zero-order chi connectivity index (χ0) is 9.26. The van der Waals surface area contributed by atoms with E-state index in [0.29, 0.717) is 0 Å². The molecule has 0 spiro atoms. The number of hydrogen-bond acceptors (Lipinski definition) is 3. The summed E-state index contributed by atoms with van der Waals surface area (Å²) in [5.74, 6) is 1.35. The van der Waals surface area contributed by atoms with Crippen LogP contribution in [0.25, 0.3) is 0 Å². The summed E-state index contributed by atoms with van der Waals surface area (Å²) in [4.78, 5) is 2.70. The lowest BCUT2D eigenvalue weighted by molar-refractivity contribution is 0.111. The van der Waals surface area contributed by atoms with Gasteiger partial charge in [-0.2, -0.15) is 11.8 Å². The third-order valence-corrected chi connectivity index (χ3v) is 4.58. The van der Waals surface area contributed by atoms with Crippen LogP contribution in [0.1, 0.15) is 20.3 Å². The Kier molecular flexibility index (Phi) is 3.17. The van der Waals surface area contributed by atoms with Crippen LogP contribution in [0.4, 0.5) is 0 Å². The van der Waals surface area contributed by atoms with E-state index in [0.717, 1.165) is 17.3 Å². The summed E-state index contributed by atoms with van der Waals surface area (Å²) in [7, 11) is 0. The molecule has 0 aromatic carbocycles. The molecule has 13 heavy (non-hydrogen) atoms. The first-order valence-corrected chi connectivity index (χ1v) is 6.44. The molecule has 2 fully saturated rings. The Morgan fingerprint density at radius 1 is 1.38 bits per heavy atom. The van der Waals surface area contributed by atoms with Crippen LogP contribution in [0.5, 0.6) is 0 Å². The normalized spacial score (nSPS) is 35.3. The van der Waals surface area contributed by atoms with Crippen molar-refractivity contribution in [1.82, 2.24) is 10.2 Å². The number of hydrogen-bond donors (Lipinski definition) is 1. The van der Waals surface area contributed by atoms with E-state index in [1.165, 1.54) is 31.8 Å². The van der Waals surface area contributed by atoms with Gasteiger partial charge in [-0.25, -0.2) is 0 Å². The largest absolute Gasteiger partial charge is 0.314 e. The minimum Gasteiger partial charge on any atom is -0.314 e. The number of nitrogens with zero attached hydrogens (tertiary/aromatic N) is 1. The topological polar surface area (TPSA) is 15.3 Å². The standard InChI is InChI=1S/C10H20N2S/c1-3-12(10-5-11-6-10)9-4-8(2)13-7-9/h8-11H,3-7H2,1-2H3. The highest BCUT2D eigenvalue weighted by atomic mass is 32.2. The highest BCUT2D eigenvalue weighted by Gasteiger charge is 2.33. The number of likely N-dealkylation sites (N-methyl/N-ethyl adjacent to an activating group) is 1. The van der Waals surface area contributed by atoms with Gasteiger partial charge in [0.2, 0.25) is 0 Å². The summed E-state index contributed by atoms with van der Waals surface area (Å²) in [6.07, 6.45) is 1.40. The molecule has 2 aliphatic heterocycles. The van der Waals surface area contributed by atoms with Crippen molar-refractivity contribution in [3.8, 4) is 0 Å². The maximum atomic E-state index is 3.36. The van der Waals surface area contributed by atoms with Gasteiger partial charge >= 0.3 is 0 Å². The van der Waals surface area contributed by atoms with E-state index in [9.17, 15) is 0 Å². The number of rotatable bonds is 3. The molecule has 0 aliphatic carbocycles. The van der Waals surface area contributed by atoms with Crippen molar-refractivity contribution in [2.45, 2.75) is 37.6 Å². The molecule has 2 nitrogen and oxygen atoms in total. The molecule has 76 valence electrons. The molecule has 0 amide bonds. The van der Waals surface area contributed by atoms with Gasteiger partial charge in [-0.05, 0) is 13.0 Å². The Morgan fingerprint density at radius 3 is 2.54 bits per heavy atom. The van der Waals surface area contributed by atoms with E-state index in [-0.39, 0.29) is 0 Å². The SMILES string of the molecule is CCN(C1CNC1)C1CSC(C)C1. The monoisotopic (exact) mass is 200 g/mol. The summed E-state index contributed by atoms with van der Waals surface area (Å²) < 4.78 is 0. The van der Waals surface area contributed by atoms with Crippen LogP contribution in [0.3, 0.4) is 0 Å². The third kappa shape index (κ3) is 2.03. The highest BCUT2D eigenvalue weighted by Crippen LogP contribution is 2.30. The zero-order valence-electron chi connectivity index (χ0n) is 8.62. The third-order valence-electron chi connectivity index (χ3n) is 3.24. The van der Waals surface area contributed by atoms with Crippen molar-refractivity contribution in [2.24, 2.45) is 0 Å². The van der Waals surface area contributed by atoms with E-state index < -0.39 is 0 Å². The Bertz CT molecular complexity index is 170. The van der Waals surface area contributed by atoms with Gasteiger partial charge in [-0.15, -0.1) is 0 Å². The average molecular weight is 200 g/mol. The second-order valence-electron chi connectivity index (χ2n) is 4.18. The smallest absolute Gasteiger partial charge is 0.0348 e. The summed E-state index contributed by atoms with van der Waals surface area (Å²) >= 11 is 2.14. The molecule has 2 rings (SSSR count). The Labute approximate surface area is 85.4 Å². The van der Waals surface area contributed by atoms with E-state index in [1.54, 1.807) is 0 Å². The number of thioether (sulfide) groups is 1. The zero-order valence-corrected chi connectivity index (χ0v) is 9.44. The predicted molar refractivity (Wildman–Crippen MR) is 59.4 cm³/mol. The minimum absolute atomic E-state index is 0.834. The van der Waals surface area contributed by atoms with Crippen molar-refractivity contribution < 1.29 is 0 Å². The molecule has 3 heteroatoms. The van der Waals surface area contributed by atoms with Crippen LogP contribution in [-0.4, -0.2) is 47.6 Å². The molecule has 2 aliphatic rings. The number of nitrogens with one attached hydrogen (secondary N) is 1. The molecular weight excluding hydrogens is 180 g/mol.